The van der Waals surface area contributed by atoms with Gasteiger partial charge in [-0.1, -0.05) is 12.1 Å². The highest BCUT2D eigenvalue weighted by atomic mass is 16.2. The van der Waals surface area contributed by atoms with E-state index in [1.807, 2.05) is 25.2 Å². The van der Waals surface area contributed by atoms with Crippen molar-refractivity contribution in [2.24, 2.45) is 0 Å². The molecule has 0 heterocycles. The molecule has 0 bridgehead atoms. The SMILES string of the molecule is CN(CCCc1cccc(N)c1)CC(=O)NC1CC1. The third-order valence-corrected chi connectivity index (χ3v) is 3.31. The van der Waals surface area contributed by atoms with Crippen LogP contribution in [0.15, 0.2) is 24.3 Å². The number of nitrogens with one attached hydrogen (secondary N) is 1. The summed E-state index contributed by atoms with van der Waals surface area (Å²) >= 11 is 0. The molecule has 1 fully saturated rings. The molecule has 0 spiro atoms. The van der Waals surface area contributed by atoms with Crippen LogP contribution in [-0.4, -0.2) is 37.0 Å². The van der Waals surface area contributed by atoms with E-state index in [-0.39, 0.29) is 5.91 Å². The molecular formula is C15H23N3O. The smallest absolute Gasteiger partial charge is 0.234 e. The van der Waals surface area contributed by atoms with Crippen molar-refractivity contribution in [3.63, 3.8) is 0 Å². The molecule has 1 aromatic carbocycles. The van der Waals surface area contributed by atoms with Crippen molar-refractivity contribution in [3.05, 3.63) is 29.8 Å². The second kappa shape index (κ2) is 6.57. The summed E-state index contributed by atoms with van der Waals surface area (Å²) in [6, 6.07) is 8.44. The lowest BCUT2D eigenvalue weighted by Crippen LogP contribution is -2.36. The summed E-state index contributed by atoms with van der Waals surface area (Å²) in [5, 5.41) is 3.00. The van der Waals surface area contributed by atoms with Gasteiger partial charge in [0.15, 0.2) is 0 Å². The highest BCUT2D eigenvalue weighted by Crippen LogP contribution is 2.18. The van der Waals surface area contributed by atoms with Crippen LogP contribution in [0.1, 0.15) is 24.8 Å². The number of hydrogen-bond acceptors (Lipinski definition) is 3. The van der Waals surface area contributed by atoms with Gasteiger partial charge in [0.2, 0.25) is 5.91 Å². The Balaban J connectivity index is 1.62. The van der Waals surface area contributed by atoms with Gasteiger partial charge in [0.25, 0.3) is 0 Å². The maximum absolute atomic E-state index is 11.6. The van der Waals surface area contributed by atoms with E-state index >= 15 is 0 Å². The molecule has 0 atom stereocenters. The fraction of sp³-hybridized carbons (Fsp3) is 0.533. The second-order valence-electron chi connectivity index (χ2n) is 5.43. The van der Waals surface area contributed by atoms with Crippen LogP contribution in [0.2, 0.25) is 0 Å². The van der Waals surface area contributed by atoms with Crippen LogP contribution in [-0.2, 0) is 11.2 Å². The lowest BCUT2D eigenvalue weighted by Gasteiger charge is -2.16. The number of amides is 1. The molecule has 0 aromatic heterocycles. The number of aryl methyl sites for hydroxylation is 1. The number of nitrogen functional groups attached to an aromatic ring is 1. The highest BCUT2D eigenvalue weighted by molar-refractivity contribution is 5.78. The maximum Gasteiger partial charge on any atom is 0.234 e. The molecule has 1 amide bonds. The Labute approximate surface area is 115 Å². The summed E-state index contributed by atoms with van der Waals surface area (Å²) in [5.74, 6) is 0.147. The van der Waals surface area contributed by atoms with Gasteiger partial charge in [-0.15, -0.1) is 0 Å². The molecule has 3 N–H and O–H groups in total. The molecule has 2 rings (SSSR count). The van der Waals surface area contributed by atoms with Crippen LogP contribution >= 0.6 is 0 Å². The first-order valence-electron chi connectivity index (χ1n) is 6.96. The molecule has 0 saturated heterocycles. The number of hydrogen-bond donors (Lipinski definition) is 2. The number of nitrogens with two attached hydrogens (primary N) is 1. The molecule has 19 heavy (non-hydrogen) atoms. The van der Waals surface area contributed by atoms with Crippen molar-refractivity contribution in [1.29, 1.82) is 0 Å². The Kier molecular flexibility index (Phi) is 4.80. The maximum atomic E-state index is 11.6. The Morgan fingerprint density at radius 2 is 2.26 bits per heavy atom. The van der Waals surface area contributed by atoms with Gasteiger partial charge in [0.1, 0.15) is 0 Å². The molecule has 1 aliphatic rings. The van der Waals surface area contributed by atoms with Crippen LogP contribution in [0.4, 0.5) is 5.69 Å². The molecule has 104 valence electrons. The van der Waals surface area contributed by atoms with Gasteiger partial charge in [-0.25, -0.2) is 0 Å². The number of anilines is 1. The van der Waals surface area contributed by atoms with E-state index in [1.165, 1.54) is 5.56 Å². The van der Waals surface area contributed by atoms with Crippen LogP contribution in [0, 0.1) is 0 Å². The quantitative estimate of drug-likeness (QED) is 0.730. The number of carbonyl (C=O) groups excluding carboxylic acids is 1. The summed E-state index contributed by atoms with van der Waals surface area (Å²) in [6.45, 7) is 1.42. The van der Waals surface area contributed by atoms with E-state index in [4.69, 9.17) is 5.73 Å². The minimum absolute atomic E-state index is 0.147. The summed E-state index contributed by atoms with van der Waals surface area (Å²) in [7, 11) is 1.99. The van der Waals surface area contributed by atoms with Gasteiger partial charge in [0.05, 0.1) is 6.54 Å². The van der Waals surface area contributed by atoms with Gasteiger partial charge in [-0.3, -0.25) is 9.69 Å². The predicted molar refractivity (Wildman–Crippen MR) is 77.8 cm³/mol. The van der Waals surface area contributed by atoms with Crippen molar-refractivity contribution < 1.29 is 4.79 Å². The number of rotatable bonds is 7. The van der Waals surface area contributed by atoms with Crippen LogP contribution < -0.4 is 11.1 Å². The first-order valence-corrected chi connectivity index (χ1v) is 6.96. The summed E-state index contributed by atoms with van der Waals surface area (Å²) in [4.78, 5) is 13.7. The van der Waals surface area contributed by atoms with Crippen molar-refractivity contribution >= 4 is 11.6 Å². The summed E-state index contributed by atoms with van der Waals surface area (Å²) in [6.07, 6.45) is 4.33. The molecule has 4 heteroatoms. The fourth-order valence-corrected chi connectivity index (χ4v) is 2.13. The Bertz CT molecular complexity index is 429. The van der Waals surface area contributed by atoms with Crippen LogP contribution in [0.3, 0.4) is 0 Å². The van der Waals surface area contributed by atoms with Crippen LogP contribution in [0.25, 0.3) is 0 Å². The van der Waals surface area contributed by atoms with Crippen LogP contribution in [0.5, 0.6) is 0 Å². The lowest BCUT2D eigenvalue weighted by molar-refractivity contribution is -0.122. The monoisotopic (exact) mass is 261 g/mol. The topological polar surface area (TPSA) is 58.4 Å². The number of likely N-dealkylation sites (N-methyl/N-ethyl adjacent to an activating group) is 1. The Morgan fingerprint density at radius 1 is 1.47 bits per heavy atom. The predicted octanol–water partition coefficient (Wildman–Crippen LogP) is 1.41. The van der Waals surface area contributed by atoms with E-state index < -0.39 is 0 Å². The first kappa shape index (κ1) is 13.9. The molecular weight excluding hydrogens is 238 g/mol. The summed E-state index contributed by atoms with van der Waals surface area (Å²) in [5.41, 5.74) is 7.82. The van der Waals surface area contributed by atoms with Gasteiger partial charge in [-0.05, 0) is 57.0 Å². The zero-order valence-electron chi connectivity index (χ0n) is 11.6. The van der Waals surface area contributed by atoms with E-state index in [1.54, 1.807) is 0 Å². The van der Waals surface area contributed by atoms with E-state index in [0.29, 0.717) is 12.6 Å². The van der Waals surface area contributed by atoms with Crippen molar-refractivity contribution in [2.45, 2.75) is 31.7 Å². The number of carbonyl (C=O) groups is 1. The van der Waals surface area contributed by atoms with Gasteiger partial charge < -0.3 is 11.1 Å². The first-order chi connectivity index (χ1) is 9.13. The zero-order valence-corrected chi connectivity index (χ0v) is 11.6. The minimum atomic E-state index is 0.147. The minimum Gasteiger partial charge on any atom is -0.399 e. The standard InChI is InChI=1S/C15H23N3O/c1-18(11-15(19)17-14-7-8-14)9-3-5-12-4-2-6-13(16)10-12/h2,4,6,10,14H,3,5,7-9,11,16H2,1H3,(H,17,19). The van der Waals surface area contributed by atoms with Gasteiger partial charge in [-0.2, -0.15) is 0 Å². The van der Waals surface area contributed by atoms with Crippen molar-refractivity contribution in [1.82, 2.24) is 10.2 Å². The fourth-order valence-electron chi connectivity index (χ4n) is 2.13. The Hall–Kier alpha value is -1.55. The third kappa shape index (κ3) is 5.30. The molecule has 1 saturated carbocycles. The molecule has 0 unspecified atom stereocenters. The molecule has 4 nitrogen and oxygen atoms in total. The van der Waals surface area contributed by atoms with Gasteiger partial charge in [0, 0.05) is 11.7 Å². The average Bonchev–Trinajstić information content (AvgIpc) is 3.12. The Morgan fingerprint density at radius 3 is 2.95 bits per heavy atom. The molecule has 1 aliphatic carbocycles. The highest BCUT2D eigenvalue weighted by Gasteiger charge is 2.23. The normalized spacial score (nSPS) is 14.6. The van der Waals surface area contributed by atoms with Gasteiger partial charge >= 0.3 is 0 Å². The number of benzene rings is 1. The number of nitrogens with zero attached hydrogens (tertiary/aromatic N) is 1. The summed E-state index contributed by atoms with van der Waals surface area (Å²) < 4.78 is 0. The van der Waals surface area contributed by atoms with E-state index in [0.717, 1.165) is 37.9 Å². The molecule has 0 radical (unpaired) electrons. The van der Waals surface area contributed by atoms with E-state index in [2.05, 4.69) is 16.3 Å². The van der Waals surface area contributed by atoms with E-state index in [9.17, 15) is 4.79 Å². The largest absolute Gasteiger partial charge is 0.399 e. The van der Waals surface area contributed by atoms with Crippen molar-refractivity contribution in [3.8, 4) is 0 Å². The molecule has 0 aliphatic heterocycles. The average molecular weight is 261 g/mol. The third-order valence-electron chi connectivity index (χ3n) is 3.31. The van der Waals surface area contributed by atoms with Crippen molar-refractivity contribution in [2.75, 3.05) is 25.9 Å². The zero-order chi connectivity index (χ0) is 13.7. The lowest BCUT2D eigenvalue weighted by atomic mass is 10.1. The second-order valence-corrected chi connectivity index (χ2v) is 5.43. The molecule has 1 aromatic rings.